The molecule has 0 aliphatic carbocycles. The smallest absolute Gasteiger partial charge is 0.312 e. The zero-order valence-electron chi connectivity index (χ0n) is 12.8. The van der Waals surface area contributed by atoms with Gasteiger partial charge in [0.15, 0.2) is 12.2 Å². The third-order valence-electron chi connectivity index (χ3n) is 3.33. The van der Waals surface area contributed by atoms with Crippen molar-refractivity contribution in [3.63, 3.8) is 0 Å². The highest BCUT2D eigenvalue weighted by Crippen LogP contribution is 2.25. The van der Waals surface area contributed by atoms with Crippen LogP contribution in [0.1, 0.15) is 5.69 Å². The number of amides is 1. The van der Waals surface area contributed by atoms with Crippen LogP contribution in [0.25, 0.3) is 11.0 Å². The number of rotatable bonds is 5. The number of anilines is 1. The molecule has 0 bridgehead atoms. The van der Waals surface area contributed by atoms with E-state index in [-0.39, 0.29) is 6.42 Å². The lowest BCUT2D eigenvalue weighted by atomic mass is 10.2. The number of nitrogens with one attached hydrogen (secondary N) is 1. The Labute approximate surface area is 152 Å². The van der Waals surface area contributed by atoms with Crippen molar-refractivity contribution in [2.75, 3.05) is 11.9 Å². The van der Waals surface area contributed by atoms with Gasteiger partial charge in [-0.3, -0.25) is 9.59 Å². The number of carbonyl (C=O) groups excluding carboxylic acids is 2. The van der Waals surface area contributed by atoms with Gasteiger partial charge in [-0.15, -0.1) is 0 Å². The summed E-state index contributed by atoms with van der Waals surface area (Å²) in [6.07, 6.45) is -0.0862. The van der Waals surface area contributed by atoms with Crippen LogP contribution >= 0.6 is 23.2 Å². The number of aromatic nitrogens is 1. The van der Waals surface area contributed by atoms with Crippen LogP contribution < -0.4 is 5.32 Å². The van der Waals surface area contributed by atoms with Gasteiger partial charge < -0.3 is 14.6 Å². The predicted octanol–water partition coefficient (Wildman–Crippen LogP) is 3.86. The number of ether oxygens (including phenoxy) is 1. The third kappa shape index (κ3) is 4.29. The lowest BCUT2D eigenvalue weighted by Gasteiger charge is -2.07. The van der Waals surface area contributed by atoms with Gasteiger partial charge in [0.2, 0.25) is 0 Å². The van der Waals surface area contributed by atoms with Crippen LogP contribution in [-0.2, 0) is 20.7 Å². The number of benzene rings is 2. The van der Waals surface area contributed by atoms with Gasteiger partial charge in [-0.1, -0.05) is 40.5 Å². The SMILES string of the molecule is O=C(COC(=O)Cc1noc2ccccc12)Nc1ccc(Cl)c(Cl)c1. The van der Waals surface area contributed by atoms with Gasteiger partial charge in [-0.2, -0.15) is 0 Å². The fraction of sp³-hybridized carbons (Fsp3) is 0.118. The van der Waals surface area contributed by atoms with Gasteiger partial charge in [-0.05, 0) is 30.3 Å². The normalized spacial score (nSPS) is 10.6. The third-order valence-corrected chi connectivity index (χ3v) is 4.07. The van der Waals surface area contributed by atoms with Gasteiger partial charge in [0.1, 0.15) is 5.69 Å². The van der Waals surface area contributed by atoms with Crippen LogP contribution in [-0.4, -0.2) is 23.6 Å². The molecule has 0 radical (unpaired) electrons. The quantitative estimate of drug-likeness (QED) is 0.681. The zero-order valence-corrected chi connectivity index (χ0v) is 14.3. The zero-order chi connectivity index (χ0) is 17.8. The van der Waals surface area contributed by atoms with Crippen molar-refractivity contribution in [1.82, 2.24) is 5.16 Å². The van der Waals surface area contributed by atoms with Crippen molar-refractivity contribution in [3.8, 4) is 0 Å². The van der Waals surface area contributed by atoms with Gasteiger partial charge in [0.25, 0.3) is 5.91 Å². The van der Waals surface area contributed by atoms with E-state index in [2.05, 4.69) is 10.5 Å². The molecule has 3 aromatic rings. The molecule has 0 spiro atoms. The fourth-order valence-corrected chi connectivity index (χ4v) is 2.47. The highest BCUT2D eigenvalue weighted by atomic mass is 35.5. The molecule has 128 valence electrons. The molecule has 1 heterocycles. The van der Waals surface area contributed by atoms with E-state index >= 15 is 0 Å². The molecule has 6 nitrogen and oxygen atoms in total. The Morgan fingerprint density at radius 2 is 1.92 bits per heavy atom. The number of hydrogen-bond donors (Lipinski definition) is 1. The van der Waals surface area contributed by atoms with Gasteiger partial charge in [0, 0.05) is 11.1 Å². The lowest BCUT2D eigenvalue weighted by molar-refractivity contribution is -0.146. The summed E-state index contributed by atoms with van der Waals surface area (Å²) in [6.45, 7) is -0.422. The second-order valence-corrected chi connectivity index (χ2v) is 5.95. The summed E-state index contributed by atoms with van der Waals surface area (Å²) >= 11 is 11.7. The molecule has 0 unspecified atom stereocenters. The van der Waals surface area contributed by atoms with E-state index in [9.17, 15) is 9.59 Å². The van der Waals surface area contributed by atoms with Crippen LogP contribution in [0.2, 0.25) is 10.0 Å². The largest absolute Gasteiger partial charge is 0.455 e. The van der Waals surface area contributed by atoms with Crippen LogP contribution in [0.5, 0.6) is 0 Å². The first-order valence-electron chi connectivity index (χ1n) is 7.27. The van der Waals surface area contributed by atoms with E-state index in [0.29, 0.717) is 27.0 Å². The Morgan fingerprint density at radius 1 is 1.12 bits per heavy atom. The summed E-state index contributed by atoms with van der Waals surface area (Å²) in [5.74, 6) is -1.07. The van der Waals surface area contributed by atoms with Crippen molar-refractivity contribution in [2.45, 2.75) is 6.42 Å². The molecule has 1 N–H and O–H groups in total. The maximum Gasteiger partial charge on any atom is 0.312 e. The number of fused-ring (bicyclic) bond motifs is 1. The number of halogens is 2. The molecule has 0 fully saturated rings. The average molecular weight is 379 g/mol. The molecular formula is C17H12Cl2N2O4. The number of carbonyl (C=O) groups is 2. The van der Waals surface area contributed by atoms with Gasteiger partial charge >= 0.3 is 5.97 Å². The number of nitrogens with zero attached hydrogens (tertiary/aromatic N) is 1. The predicted molar refractivity (Wildman–Crippen MR) is 93.8 cm³/mol. The summed E-state index contributed by atoms with van der Waals surface area (Å²) < 4.78 is 10.1. The number of esters is 1. The topological polar surface area (TPSA) is 81.4 Å². The van der Waals surface area contributed by atoms with E-state index in [1.54, 1.807) is 24.3 Å². The molecule has 0 atom stereocenters. The summed E-state index contributed by atoms with van der Waals surface area (Å²) in [4.78, 5) is 23.7. The molecular weight excluding hydrogens is 367 g/mol. The van der Waals surface area contributed by atoms with E-state index in [1.807, 2.05) is 12.1 Å². The highest BCUT2D eigenvalue weighted by molar-refractivity contribution is 6.42. The molecule has 3 rings (SSSR count). The van der Waals surface area contributed by atoms with Crippen molar-refractivity contribution < 1.29 is 18.8 Å². The molecule has 0 aliphatic heterocycles. The highest BCUT2D eigenvalue weighted by Gasteiger charge is 2.14. The summed E-state index contributed by atoms with van der Waals surface area (Å²) in [7, 11) is 0. The molecule has 0 saturated heterocycles. The molecule has 0 saturated carbocycles. The Hall–Kier alpha value is -2.57. The van der Waals surface area contributed by atoms with Gasteiger partial charge in [-0.25, -0.2) is 0 Å². The van der Waals surface area contributed by atoms with Crippen molar-refractivity contribution in [1.29, 1.82) is 0 Å². The molecule has 0 aliphatic rings. The van der Waals surface area contributed by atoms with E-state index in [1.165, 1.54) is 6.07 Å². The minimum atomic E-state index is -0.580. The van der Waals surface area contributed by atoms with E-state index in [4.69, 9.17) is 32.5 Å². The first-order valence-corrected chi connectivity index (χ1v) is 8.02. The molecule has 25 heavy (non-hydrogen) atoms. The Morgan fingerprint density at radius 3 is 2.72 bits per heavy atom. The maximum absolute atomic E-state index is 11.9. The number of hydrogen-bond acceptors (Lipinski definition) is 5. The second-order valence-electron chi connectivity index (χ2n) is 5.14. The summed E-state index contributed by atoms with van der Waals surface area (Å²) in [5.41, 5.74) is 1.51. The van der Waals surface area contributed by atoms with E-state index in [0.717, 1.165) is 5.39 Å². The Balaban J connectivity index is 1.53. The standard InChI is InChI=1S/C17H12Cl2N2O4/c18-12-6-5-10(7-13(12)19)20-16(22)9-24-17(23)8-14-11-3-1-2-4-15(11)25-21-14/h1-7H,8-9H2,(H,20,22). The van der Waals surface area contributed by atoms with Crippen molar-refractivity contribution in [2.24, 2.45) is 0 Å². The van der Waals surface area contributed by atoms with Crippen molar-refractivity contribution >= 4 is 51.7 Å². The van der Waals surface area contributed by atoms with Crippen LogP contribution in [0.15, 0.2) is 47.0 Å². The molecule has 1 amide bonds. The number of para-hydroxylation sites is 1. The molecule has 1 aromatic heterocycles. The minimum absolute atomic E-state index is 0.0862. The fourth-order valence-electron chi connectivity index (χ4n) is 2.17. The van der Waals surface area contributed by atoms with E-state index < -0.39 is 18.5 Å². The summed E-state index contributed by atoms with van der Waals surface area (Å²) in [5, 5.41) is 7.84. The minimum Gasteiger partial charge on any atom is -0.455 e. The van der Waals surface area contributed by atoms with Crippen LogP contribution in [0.4, 0.5) is 5.69 Å². The average Bonchev–Trinajstić information content (AvgIpc) is 2.99. The Bertz CT molecular complexity index is 939. The van der Waals surface area contributed by atoms with Crippen LogP contribution in [0.3, 0.4) is 0 Å². The second kappa shape index (κ2) is 7.55. The first-order chi connectivity index (χ1) is 12.0. The monoisotopic (exact) mass is 378 g/mol. The molecule has 2 aromatic carbocycles. The summed E-state index contributed by atoms with van der Waals surface area (Å²) in [6, 6.07) is 11.8. The van der Waals surface area contributed by atoms with Crippen LogP contribution in [0, 0.1) is 0 Å². The maximum atomic E-state index is 11.9. The first kappa shape index (κ1) is 17.3. The Kier molecular flexibility index (Phi) is 5.21. The van der Waals surface area contributed by atoms with Gasteiger partial charge in [0.05, 0.1) is 16.5 Å². The van der Waals surface area contributed by atoms with Crippen molar-refractivity contribution in [3.05, 3.63) is 58.2 Å². The lowest BCUT2D eigenvalue weighted by Crippen LogP contribution is -2.21. The molecule has 8 heteroatoms.